The third-order valence-electron chi connectivity index (χ3n) is 3.09. The Bertz CT molecular complexity index is 602. The van der Waals surface area contributed by atoms with Crippen LogP contribution in [0.4, 0.5) is 0 Å². The molecular formula is C17H18BrNO. The molecule has 0 spiro atoms. The van der Waals surface area contributed by atoms with Crippen LogP contribution >= 0.6 is 15.9 Å². The second-order valence-electron chi connectivity index (χ2n) is 5.01. The van der Waals surface area contributed by atoms with Crippen molar-refractivity contribution in [3.63, 3.8) is 0 Å². The van der Waals surface area contributed by atoms with Gasteiger partial charge in [0.2, 0.25) is 0 Å². The maximum atomic E-state index is 12.1. The molecule has 0 fully saturated rings. The van der Waals surface area contributed by atoms with Crippen molar-refractivity contribution in [1.29, 1.82) is 0 Å². The predicted molar refractivity (Wildman–Crippen MR) is 86.1 cm³/mol. The molecule has 20 heavy (non-hydrogen) atoms. The van der Waals surface area contributed by atoms with Crippen LogP contribution in [0, 0.1) is 13.8 Å². The average Bonchev–Trinajstić information content (AvgIpc) is 2.37. The van der Waals surface area contributed by atoms with Crippen LogP contribution in [-0.4, -0.2) is 12.5 Å². The van der Waals surface area contributed by atoms with Crippen LogP contribution in [-0.2, 0) is 6.42 Å². The Morgan fingerprint density at radius 1 is 1.10 bits per heavy atom. The molecule has 0 unspecified atom stereocenters. The minimum atomic E-state index is -0.0259. The van der Waals surface area contributed by atoms with E-state index in [1.54, 1.807) is 0 Å². The molecule has 104 valence electrons. The first-order valence-electron chi connectivity index (χ1n) is 6.65. The Hall–Kier alpha value is -1.61. The molecule has 0 aliphatic carbocycles. The number of halogens is 1. The van der Waals surface area contributed by atoms with Crippen molar-refractivity contribution in [2.75, 3.05) is 6.54 Å². The van der Waals surface area contributed by atoms with Crippen molar-refractivity contribution in [3.8, 4) is 0 Å². The van der Waals surface area contributed by atoms with Gasteiger partial charge in [-0.05, 0) is 49.6 Å². The van der Waals surface area contributed by atoms with Crippen LogP contribution in [0.25, 0.3) is 0 Å². The van der Waals surface area contributed by atoms with Gasteiger partial charge in [-0.2, -0.15) is 0 Å². The van der Waals surface area contributed by atoms with Crippen LogP contribution in [0.15, 0.2) is 46.9 Å². The van der Waals surface area contributed by atoms with Gasteiger partial charge in [0.05, 0.1) is 0 Å². The summed E-state index contributed by atoms with van der Waals surface area (Å²) in [5, 5.41) is 2.96. The van der Waals surface area contributed by atoms with E-state index in [0.29, 0.717) is 12.1 Å². The highest BCUT2D eigenvalue weighted by Gasteiger charge is 2.06. The van der Waals surface area contributed by atoms with Crippen LogP contribution in [0.3, 0.4) is 0 Å². The Morgan fingerprint density at radius 2 is 1.90 bits per heavy atom. The minimum Gasteiger partial charge on any atom is -0.352 e. The zero-order valence-electron chi connectivity index (χ0n) is 11.7. The number of carbonyl (C=O) groups is 1. The molecule has 0 aromatic heterocycles. The summed E-state index contributed by atoms with van der Waals surface area (Å²) in [4.78, 5) is 12.1. The van der Waals surface area contributed by atoms with Crippen LogP contribution < -0.4 is 5.32 Å². The lowest BCUT2D eigenvalue weighted by molar-refractivity contribution is 0.0954. The summed E-state index contributed by atoms with van der Waals surface area (Å²) in [6.45, 7) is 4.70. The van der Waals surface area contributed by atoms with Crippen LogP contribution in [0.1, 0.15) is 27.0 Å². The highest BCUT2D eigenvalue weighted by molar-refractivity contribution is 9.10. The molecule has 0 saturated carbocycles. The second-order valence-corrected chi connectivity index (χ2v) is 5.93. The quantitative estimate of drug-likeness (QED) is 0.900. The summed E-state index contributed by atoms with van der Waals surface area (Å²) in [7, 11) is 0. The molecule has 2 rings (SSSR count). The van der Waals surface area contributed by atoms with Gasteiger partial charge < -0.3 is 5.32 Å². The molecule has 0 saturated heterocycles. The lowest BCUT2D eigenvalue weighted by Gasteiger charge is -2.07. The summed E-state index contributed by atoms with van der Waals surface area (Å²) in [5.74, 6) is -0.0259. The van der Waals surface area contributed by atoms with E-state index in [4.69, 9.17) is 0 Å². The van der Waals surface area contributed by atoms with E-state index in [9.17, 15) is 4.79 Å². The molecule has 0 aliphatic heterocycles. The van der Waals surface area contributed by atoms with E-state index < -0.39 is 0 Å². The summed E-state index contributed by atoms with van der Waals surface area (Å²) in [6, 6.07) is 14.1. The van der Waals surface area contributed by atoms with E-state index in [0.717, 1.165) is 16.5 Å². The molecule has 1 N–H and O–H groups in total. The van der Waals surface area contributed by atoms with E-state index in [-0.39, 0.29) is 5.91 Å². The van der Waals surface area contributed by atoms with E-state index in [2.05, 4.69) is 46.4 Å². The van der Waals surface area contributed by atoms with Gasteiger partial charge in [-0.25, -0.2) is 0 Å². The van der Waals surface area contributed by atoms with Gasteiger partial charge in [-0.3, -0.25) is 4.79 Å². The maximum absolute atomic E-state index is 12.1. The minimum absolute atomic E-state index is 0.0259. The topological polar surface area (TPSA) is 29.1 Å². The molecule has 3 heteroatoms. The first-order valence-corrected chi connectivity index (χ1v) is 7.45. The van der Waals surface area contributed by atoms with Crippen molar-refractivity contribution in [1.82, 2.24) is 5.32 Å². The van der Waals surface area contributed by atoms with Gasteiger partial charge in [0.15, 0.2) is 0 Å². The lowest BCUT2D eigenvalue weighted by atomic mass is 10.1. The van der Waals surface area contributed by atoms with Gasteiger partial charge in [0.1, 0.15) is 0 Å². The van der Waals surface area contributed by atoms with Crippen molar-refractivity contribution in [2.45, 2.75) is 20.3 Å². The van der Waals surface area contributed by atoms with Crippen molar-refractivity contribution < 1.29 is 4.79 Å². The first kappa shape index (κ1) is 14.8. The fourth-order valence-electron chi connectivity index (χ4n) is 2.16. The number of carbonyl (C=O) groups excluding carboxylic acids is 1. The number of hydrogen-bond acceptors (Lipinski definition) is 1. The monoisotopic (exact) mass is 331 g/mol. The molecule has 2 aromatic rings. The van der Waals surface area contributed by atoms with Gasteiger partial charge >= 0.3 is 0 Å². The third-order valence-corrected chi connectivity index (χ3v) is 3.54. The number of rotatable bonds is 4. The van der Waals surface area contributed by atoms with Crippen molar-refractivity contribution in [2.24, 2.45) is 0 Å². The van der Waals surface area contributed by atoms with Crippen LogP contribution in [0.2, 0.25) is 0 Å². The summed E-state index contributed by atoms with van der Waals surface area (Å²) in [5.41, 5.74) is 4.26. The molecule has 0 atom stereocenters. The standard InChI is InChI=1S/C17H18BrNO/c1-12-4-3-5-14(8-12)6-7-19-17(20)15-9-13(2)10-16(18)11-15/h3-5,8-11H,6-7H2,1-2H3,(H,19,20). The number of aryl methyl sites for hydroxylation is 2. The molecule has 2 nitrogen and oxygen atoms in total. The molecule has 0 radical (unpaired) electrons. The lowest BCUT2D eigenvalue weighted by Crippen LogP contribution is -2.25. The number of nitrogens with one attached hydrogen (secondary N) is 1. The molecule has 0 heterocycles. The summed E-state index contributed by atoms with van der Waals surface area (Å²) >= 11 is 3.41. The van der Waals surface area contributed by atoms with Gasteiger partial charge in [-0.15, -0.1) is 0 Å². The Labute approximate surface area is 128 Å². The maximum Gasteiger partial charge on any atom is 0.251 e. The predicted octanol–water partition coefficient (Wildman–Crippen LogP) is 4.04. The number of amides is 1. The molecular weight excluding hydrogens is 314 g/mol. The highest BCUT2D eigenvalue weighted by atomic mass is 79.9. The van der Waals surface area contributed by atoms with Gasteiger partial charge in [-0.1, -0.05) is 45.8 Å². The zero-order chi connectivity index (χ0) is 14.5. The fraction of sp³-hybridized carbons (Fsp3) is 0.235. The van der Waals surface area contributed by atoms with Gasteiger partial charge in [0, 0.05) is 16.6 Å². The summed E-state index contributed by atoms with van der Waals surface area (Å²) in [6.07, 6.45) is 0.848. The largest absolute Gasteiger partial charge is 0.352 e. The number of hydrogen-bond donors (Lipinski definition) is 1. The molecule has 0 bridgehead atoms. The Balaban J connectivity index is 1.92. The van der Waals surface area contributed by atoms with Gasteiger partial charge in [0.25, 0.3) is 5.91 Å². The van der Waals surface area contributed by atoms with Crippen molar-refractivity contribution >= 4 is 21.8 Å². The second kappa shape index (κ2) is 6.71. The van der Waals surface area contributed by atoms with E-state index >= 15 is 0 Å². The number of benzene rings is 2. The van der Waals surface area contributed by atoms with Crippen LogP contribution in [0.5, 0.6) is 0 Å². The van der Waals surface area contributed by atoms with E-state index in [1.807, 2.05) is 31.2 Å². The third kappa shape index (κ3) is 4.20. The van der Waals surface area contributed by atoms with Crippen molar-refractivity contribution in [3.05, 3.63) is 69.2 Å². The van der Waals surface area contributed by atoms with E-state index in [1.165, 1.54) is 11.1 Å². The Morgan fingerprint density at radius 3 is 2.60 bits per heavy atom. The molecule has 2 aromatic carbocycles. The zero-order valence-corrected chi connectivity index (χ0v) is 13.3. The average molecular weight is 332 g/mol. The molecule has 0 aliphatic rings. The summed E-state index contributed by atoms with van der Waals surface area (Å²) < 4.78 is 0.932. The fourth-order valence-corrected chi connectivity index (χ4v) is 2.77. The normalized spacial score (nSPS) is 10.3. The highest BCUT2D eigenvalue weighted by Crippen LogP contribution is 2.15. The smallest absolute Gasteiger partial charge is 0.251 e. The first-order chi connectivity index (χ1) is 9.54. The SMILES string of the molecule is Cc1cccc(CCNC(=O)c2cc(C)cc(Br)c2)c1. The molecule has 1 amide bonds. The Kier molecular flexibility index (Phi) is 4.96.